The SMILES string of the molecule is CCOC(=O)[C@@]1([N+](=O)[O-])C[C@H]1c1ccccc1. The molecule has 0 unspecified atom stereocenters. The third-order valence-electron chi connectivity index (χ3n) is 3.09. The number of carbonyl (C=O) groups excluding carboxylic acids is 1. The van der Waals surface area contributed by atoms with Crippen molar-refractivity contribution in [1.82, 2.24) is 0 Å². The van der Waals surface area contributed by atoms with Gasteiger partial charge < -0.3 is 4.74 Å². The third kappa shape index (κ3) is 1.77. The topological polar surface area (TPSA) is 69.4 Å². The molecule has 0 bridgehead atoms. The van der Waals surface area contributed by atoms with Crippen molar-refractivity contribution < 1.29 is 14.5 Å². The summed E-state index contributed by atoms with van der Waals surface area (Å²) >= 11 is 0. The van der Waals surface area contributed by atoms with Crippen LogP contribution in [0.3, 0.4) is 0 Å². The van der Waals surface area contributed by atoms with Gasteiger partial charge in [0.15, 0.2) is 0 Å². The molecule has 17 heavy (non-hydrogen) atoms. The van der Waals surface area contributed by atoms with E-state index in [4.69, 9.17) is 4.74 Å². The van der Waals surface area contributed by atoms with Crippen LogP contribution in [0.4, 0.5) is 0 Å². The molecule has 0 aromatic heterocycles. The molecule has 0 N–H and O–H groups in total. The van der Waals surface area contributed by atoms with Gasteiger partial charge in [-0.05, 0) is 12.5 Å². The molecule has 90 valence electrons. The van der Waals surface area contributed by atoms with E-state index in [9.17, 15) is 14.9 Å². The standard InChI is InChI=1S/C12H13NO4/c1-2-17-11(14)12(13(15)16)8-10(12)9-6-4-3-5-7-9/h3-7,10H,2,8H2,1H3/t10-,12+/m0/s1. The van der Waals surface area contributed by atoms with Gasteiger partial charge in [-0.2, -0.15) is 0 Å². The molecule has 0 heterocycles. The van der Waals surface area contributed by atoms with Crippen LogP contribution in [0.15, 0.2) is 30.3 Å². The lowest BCUT2D eigenvalue weighted by Crippen LogP contribution is -2.35. The zero-order valence-electron chi connectivity index (χ0n) is 9.46. The quantitative estimate of drug-likeness (QED) is 0.453. The van der Waals surface area contributed by atoms with E-state index in [1.54, 1.807) is 19.1 Å². The van der Waals surface area contributed by atoms with Crippen molar-refractivity contribution in [2.24, 2.45) is 0 Å². The number of hydrogen-bond donors (Lipinski definition) is 0. The maximum atomic E-state index is 11.7. The first kappa shape index (κ1) is 11.6. The van der Waals surface area contributed by atoms with Gasteiger partial charge in [-0.25, -0.2) is 4.79 Å². The monoisotopic (exact) mass is 235 g/mol. The van der Waals surface area contributed by atoms with Crippen LogP contribution in [0.1, 0.15) is 24.8 Å². The summed E-state index contributed by atoms with van der Waals surface area (Å²) in [5.74, 6) is -1.09. The minimum absolute atomic E-state index is 0.163. The van der Waals surface area contributed by atoms with Crippen molar-refractivity contribution in [3.63, 3.8) is 0 Å². The fraction of sp³-hybridized carbons (Fsp3) is 0.417. The van der Waals surface area contributed by atoms with Gasteiger partial charge in [-0.15, -0.1) is 0 Å². The van der Waals surface area contributed by atoms with Crippen LogP contribution in [0, 0.1) is 10.1 Å². The molecule has 0 aliphatic heterocycles. The van der Waals surface area contributed by atoms with Crippen LogP contribution >= 0.6 is 0 Å². The van der Waals surface area contributed by atoms with Crippen molar-refractivity contribution in [3.05, 3.63) is 46.0 Å². The van der Waals surface area contributed by atoms with E-state index in [2.05, 4.69) is 0 Å². The Hall–Kier alpha value is -1.91. The Morgan fingerprint density at radius 1 is 1.53 bits per heavy atom. The summed E-state index contributed by atoms with van der Waals surface area (Å²) < 4.78 is 4.80. The molecule has 1 aliphatic rings. The maximum Gasteiger partial charge on any atom is 0.385 e. The van der Waals surface area contributed by atoms with Gasteiger partial charge in [0, 0.05) is 11.3 Å². The molecule has 0 radical (unpaired) electrons. The van der Waals surface area contributed by atoms with Gasteiger partial charge in [0.25, 0.3) is 0 Å². The summed E-state index contributed by atoms with van der Waals surface area (Å²) in [4.78, 5) is 22.3. The molecule has 2 atom stereocenters. The van der Waals surface area contributed by atoms with Crippen molar-refractivity contribution in [3.8, 4) is 0 Å². The van der Waals surface area contributed by atoms with Crippen LogP contribution in [-0.4, -0.2) is 23.0 Å². The van der Waals surface area contributed by atoms with Gasteiger partial charge in [-0.3, -0.25) is 10.1 Å². The molecular weight excluding hydrogens is 222 g/mol. The summed E-state index contributed by atoms with van der Waals surface area (Å²) in [5.41, 5.74) is -0.741. The smallest absolute Gasteiger partial charge is 0.385 e. The summed E-state index contributed by atoms with van der Waals surface area (Å²) in [6.07, 6.45) is 0.225. The first-order valence-electron chi connectivity index (χ1n) is 5.49. The molecule has 0 amide bonds. The number of ether oxygens (including phenoxy) is 1. The number of nitrogens with zero attached hydrogens (tertiary/aromatic N) is 1. The highest BCUT2D eigenvalue weighted by molar-refractivity contribution is 5.85. The molecule has 1 aliphatic carbocycles. The van der Waals surface area contributed by atoms with Crippen LogP contribution in [-0.2, 0) is 9.53 Å². The molecule has 1 aromatic rings. The third-order valence-corrected chi connectivity index (χ3v) is 3.09. The van der Waals surface area contributed by atoms with E-state index >= 15 is 0 Å². The summed E-state index contributed by atoms with van der Waals surface area (Å²) in [6, 6.07) is 9.06. The molecule has 0 saturated heterocycles. The number of benzene rings is 1. The predicted molar refractivity (Wildman–Crippen MR) is 60.2 cm³/mol. The zero-order chi connectivity index (χ0) is 12.5. The van der Waals surface area contributed by atoms with E-state index in [0.29, 0.717) is 0 Å². The summed E-state index contributed by atoms with van der Waals surface area (Å²) in [6.45, 7) is 1.81. The highest BCUT2D eigenvalue weighted by Gasteiger charge is 2.73. The first-order chi connectivity index (χ1) is 8.13. The van der Waals surface area contributed by atoms with E-state index in [0.717, 1.165) is 5.56 Å². The molecule has 5 heteroatoms. The lowest BCUT2D eigenvalue weighted by molar-refractivity contribution is -0.527. The summed E-state index contributed by atoms with van der Waals surface area (Å²) in [7, 11) is 0. The lowest BCUT2D eigenvalue weighted by atomic mass is 10.1. The Morgan fingerprint density at radius 3 is 2.71 bits per heavy atom. The Kier molecular flexibility index (Phi) is 2.83. The number of nitro groups is 1. The number of rotatable bonds is 4. The van der Waals surface area contributed by atoms with Crippen molar-refractivity contribution in [1.29, 1.82) is 0 Å². The van der Waals surface area contributed by atoms with Gasteiger partial charge in [0.05, 0.1) is 12.5 Å². The molecule has 2 rings (SSSR count). The Labute approximate surface area is 98.5 Å². The summed E-state index contributed by atoms with van der Waals surface area (Å²) in [5, 5.41) is 11.1. The van der Waals surface area contributed by atoms with Gasteiger partial charge in [0.2, 0.25) is 0 Å². The molecule has 1 saturated carbocycles. The van der Waals surface area contributed by atoms with Crippen molar-refractivity contribution >= 4 is 5.97 Å². The van der Waals surface area contributed by atoms with Gasteiger partial charge in [-0.1, -0.05) is 30.3 Å². The maximum absolute atomic E-state index is 11.7. The molecule has 1 aromatic carbocycles. The minimum Gasteiger partial charge on any atom is -0.461 e. The van der Waals surface area contributed by atoms with E-state index < -0.39 is 16.4 Å². The lowest BCUT2D eigenvalue weighted by Gasteiger charge is -2.08. The minimum atomic E-state index is -1.56. The second-order valence-corrected chi connectivity index (χ2v) is 4.07. The van der Waals surface area contributed by atoms with Crippen LogP contribution in [0.2, 0.25) is 0 Å². The van der Waals surface area contributed by atoms with Crippen LogP contribution in [0.5, 0.6) is 0 Å². The highest BCUT2D eigenvalue weighted by atomic mass is 16.6. The molecule has 5 nitrogen and oxygen atoms in total. The molecular formula is C12H13NO4. The largest absolute Gasteiger partial charge is 0.461 e. The second-order valence-electron chi connectivity index (χ2n) is 4.07. The normalized spacial score (nSPS) is 26.3. The zero-order valence-corrected chi connectivity index (χ0v) is 9.46. The molecule has 1 fully saturated rings. The Morgan fingerprint density at radius 2 is 2.18 bits per heavy atom. The fourth-order valence-electron chi connectivity index (χ4n) is 2.09. The average Bonchev–Trinajstić information content (AvgIpc) is 3.07. The van der Waals surface area contributed by atoms with Gasteiger partial charge in [0.1, 0.15) is 0 Å². The van der Waals surface area contributed by atoms with Crippen LogP contribution < -0.4 is 0 Å². The van der Waals surface area contributed by atoms with E-state index in [1.807, 2.05) is 18.2 Å². The second kappa shape index (κ2) is 4.16. The van der Waals surface area contributed by atoms with Crippen LogP contribution in [0.25, 0.3) is 0 Å². The Balaban J connectivity index is 2.25. The number of hydrogen-bond acceptors (Lipinski definition) is 4. The van der Waals surface area contributed by atoms with E-state index in [-0.39, 0.29) is 18.9 Å². The molecule has 0 spiro atoms. The van der Waals surface area contributed by atoms with E-state index in [1.165, 1.54) is 0 Å². The van der Waals surface area contributed by atoms with Crippen molar-refractivity contribution in [2.45, 2.75) is 24.8 Å². The van der Waals surface area contributed by atoms with Crippen molar-refractivity contribution in [2.75, 3.05) is 6.61 Å². The van der Waals surface area contributed by atoms with Gasteiger partial charge >= 0.3 is 11.5 Å². The fourth-order valence-corrected chi connectivity index (χ4v) is 2.09. The number of esters is 1. The average molecular weight is 235 g/mol. The highest BCUT2D eigenvalue weighted by Crippen LogP contribution is 2.54. The predicted octanol–water partition coefficient (Wildman–Crippen LogP) is 1.75. The Bertz CT molecular complexity index is 445. The first-order valence-corrected chi connectivity index (χ1v) is 5.49. The number of carbonyl (C=O) groups is 1.